The van der Waals surface area contributed by atoms with E-state index >= 15 is 4.39 Å². The average molecular weight is 490 g/mol. The molecule has 3 aromatic rings. The fourth-order valence-corrected chi connectivity index (χ4v) is 5.44. The van der Waals surface area contributed by atoms with Gasteiger partial charge in [0, 0.05) is 35.3 Å². The summed E-state index contributed by atoms with van der Waals surface area (Å²) in [5, 5.41) is 0.916. The number of carbonyl (C=O) groups is 1. The van der Waals surface area contributed by atoms with Crippen molar-refractivity contribution in [2.45, 2.75) is 57.7 Å². The van der Waals surface area contributed by atoms with E-state index in [-0.39, 0.29) is 23.4 Å². The van der Waals surface area contributed by atoms with Crippen LogP contribution in [-0.4, -0.2) is 40.2 Å². The maximum atomic E-state index is 15.2. The topological polar surface area (TPSA) is 58.2 Å². The number of nitrogens with one attached hydrogen (secondary N) is 1. The third kappa shape index (κ3) is 4.86. The van der Waals surface area contributed by atoms with E-state index in [1.165, 1.54) is 23.9 Å². The van der Waals surface area contributed by atoms with E-state index in [9.17, 15) is 18.0 Å². The Bertz CT molecular complexity index is 1230. The molecule has 5 rings (SSSR count). The number of aromatic amines is 1. The van der Waals surface area contributed by atoms with Crippen LogP contribution in [0.15, 0.2) is 30.5 Å². The van der Waals surface area contributed by atoms with E-state index in [1.807, 2.05) is 0 Å². The molecule has 0 bridgehead atoms. The van der Waals surface area contributed by atoms with Crippen LogP contribution in [0.5, 0.6) is 5.75 Å². The number of ether oxygens (including phenoxy) is 1. The SMILES string of the molecule is CC1CCc2[nH]c3ncc(F)c(C4CCN(C(=O)c5ccc(OC(F)(F)F)cc5)CC4)c3c2CC1. The van der Waals surface area contributed by atoms with Crippen LogP contribution >= 0.6 is 0 Å². The summed E-state index contributed by atoms with van der Waals surface area (Å²) in [5.74, 6) is -0.342. The van der Waals surface area contributed by atoms with Crippen LogP contribution in [0.3, 0.4) is 0 Å². The monoisotopic (exact) mass is 489 g/mol. The first-order valence-electron chi connectivity index (χ1n) is 12.0. The fourth-order valence-electron chi connectivity index (χ4n) is 5.44. The van der Waals surface area contributed by atoms with Crippen molar-refractivity contribution in [1.29, 1.82) is 0 Å². The van der Waals surface area contributed by atoms with Crippen LogP contribution in [0.2, 0.25) is 0 Å². The summed E-state index contributed by atoms with van der Waals surface area (Å²) in [5.41, 5.74) is 4.07. The van der Waals surface area contributed by atoms with Gasteiger partial charge in [0.05, 0.1) is 6.20 Å². The zero-order chi connectivity index (χ0) is 24.7. The maximum Gasteiger partial charge on any atom is 0.573 e. The first-order chi connectivity index (χ1) is 16.7. The van der Waals surface area contributed by atoms with Gasteiger partial charge in [-0.15, -0.1) is 13.2 Å². The molecule has 2 aromatic heterocycles. The molecule has 0 radical (unpaired) electrons. The Morgan fingerprint density at radius 3 is 2.46 bits per heavy atom. The predicted octanol–water partition coefficient (Wildman–Crippen LogP) is 6.14. The summed E-state index contributed by atoms with van der Waals surface area (Å²) in [6.45, 7) is 3.13. The lowest BCUT2D eigenvalue weighted by atomic mass is 9.86. The minimum atomic E-state index is -4.78. The quantitative estimate of drug-likeness (QED) is 0.355. The van der Waals surface area contributed by atoms with E-state index in [0.717, 1.165) is 54.5 Å². The molecule has 2 aliphatic rings. The number of H-pyrrole nitrogens is 1. The minimum absolute atomic E-state index is 0.0345. The maximum absolute atomic E-state index is 15.2. The second-order valence-corrected chi connectivity index (χ2v) is 9.65. The zero-order valence-corrected chi connectivity index (χ0v) is 19.4. The molecule has 1 saturated heterocycles. The van der Waals surface area contributed by atoms with Crippen molar-refractivity contribution in [3.63, 3.8) is 0 Å². The van der Waals surface area contributed by atoms with Crippen molar-refractivity contribution in [3.8, 4) is 5.75 Å². The number of fused-ring (bicyclic) bond motifs is 3. The zero-order valence-electron chi connectivity index (χ0n) is 19.4. The molecule has 1 N–H and O–H groups in total. The number of nitrogens with zero attached hydrogens (tertiary/aromatic N) is 2. The Morgan fingerprint density at radius 2 is 1.77 bits per heavy atom. The molecule has 5 nitrogen and oxygen atoms in total. The van der Waals surface area contributed by atoms with Crippen molar-refractivity contribution < 1.29 is 27.1 Å². The van der Waals surface area contributed by atoms with Gasteiger partial charge in [-0.1, -0.05) is 6.92 Å². The standard InChI is InChI=1S/C26H27F4N3O2/c1-15-2-8-19-21(9-3-15)32-24-23(19)22(20(27)14-31-24)16-10-12-33(13-11-16)25(34)17-4-6-18(7-5-17)35-26(28,29)30/h4-7,14-16H,2-3,8-13H2,1H3,(H,31,32). The average Bonchev–Trinajstić information content (AvgIpc) is 3.07. The van der Waals surface area contributed by atoms with Crippen molar-refractivity contribution in [1.82, 2.24) is 14.9 Å². The summed E-state index contributed by atoms with van der Waals surface area (Å²) in [6, 6.07) is 4.93. The lowest BCUT2D eigenvalue weighted by Gasteiger charge is -2.33. The molecule has 1 aliphatic heterocycles. The van der Waals surface area contributed by atoms with E-state index in [2.05, 4.69) is 21.6 Å². The number of hydrogen-bond acceptors (Lipinski definition) is 3. The summed E-state index contributed by atoms with van der Waals surface area (Å²) >= 11 is 0. The molecular weight excluding hydrogens is 462 g/mol. The molecule has 186 valence electrons. The van der Waals surface area contributed by atoms with Crippen LogP contribution < -0.4 is 4.74 Å². The Hall–Kier alpha value is -3.10. The molecule has 0 saturated carbocycles. The van der Waals surface area contributed by atoms with E-state index in [1.54, 1.807) is 4.90 Å². The summed E-state index contributed by atoms with van der Waals surface area (Å²) < 4.78 is 56.1. The number of piperidine rings is 1. The number of halogens is 4. The van der Waals surface area contributed by atoms with Crippen LogP contribution in [0.25, 0.3) is 11.0 Å². The van der Waals surface area contributed by atoms with Crippen LogP contribution in [0, 0.1) is 11.7 Å². The number of alkyl halides is 3. The summed E-state index contributed by atoms with van der Waals surface area (Å²) in [6.07, 6.45) is 1.72. The first kappa shape index (κ1) is 23.6. The predicted molar refractivity (Wildman–Crippen MR) is 123 cm³/mol. The van der Waals surface area contributed by atoms with Crippen molar-refractivity contribution >= 4 is 16.9 Å². The second-order valence-electron chi connectivity index (χ2n) is 9.65. The van der Waals surface area contributed by atoms with Gasteiger partial charge < -0.3 is 14.6 Å². The summed E-state index contributed by atoms with van der Waals surface area (Å²) in [4.78, 5) is 22.3. The number of aromatic nitrogens is 2. The fraction of sp³-hybridized carbons (Fsp3) is 0.462. The van der Waals surface area contributed by atoms with Gasteiger partial charge in [-0.2, -0.15) is 0 Å². The first-order valence-corrected chi connectivity index (χ1v) is 12.0. The van der Waals surface area contributed by atoms with Crippen LogP contribution in [0.1, 0.15) is 65.7 Å². The molecule has 1 atom stereocenters. The normalized spacial score (nSPS) is 19.5. The Labute approximate surface area is 200 Å². The Morgan fingerprint density at radius 1 is 1.09 bits per heavy atom. The molecule has 9 heteroatoms. The number of likely N-dealkylation sites (tertiary alicyclic amines) is 1. The molecule has 3 heterocycles. The molecule has 1 aromatic carbocycles. The number of aryl methyl sites for hydroxylation is 2. The highest BCUT2D eigenvalue weighted by Crippen LogP contribution is 2.39. The molecule has 35 heavy (non-hydrogen) atoms. The van der Waals surface area contributed by atoms with Gasteiger partial charge in [-0.05, 0) is 80.2 Å². The van der Waals surface area contributed by atoms with Crippen LogP contribution in [0.4, 0.5) is 17.6 Å². The molecular formula is C26H27F4N3O2. The van der Waals surface area contributed by atoms with Gasteiger partial charge in [0.1, 0.15) is 17.2 Å². The highest BCUT2D eigenvalue weighted by molar-refractivity contribution is 5.94. The number of rotatable bonds is 3. The number of pyridine rings is 1. The highest BCUT2D eigenvalue weighted by atomic mass is 19.4. The van der Waals surface area contributed by atoms with Crippen LogP contribution in [-0.2, 0) is 12.8 Å². The lowest BCUT2D eigenvalue weighted by molar-refractivity contribution is -0.274. The van der Waals surface area contributed by atoms with Crippen molar-refractivity contribution in [3.05, 3.63) is 58.7 Å². The molecule has 0 spiro atoms. The van der Waals surface area contributed by atoms with Crippen molar-refractivity contribution in [2.75, 3.05) is 13.1 Å². The van der Waals surface area contributed by atoms with Gasteiger partial charge in [0.25, 0.3) is 5.91 Å². The largest absolute Gasteiger partial charge is 0.573 e. The van der Waals surface area contributed by atoms with Crippen molar-refractivity contribution in [2.24, 2.45) is 5.92 Å². The van der Waals surface area contributed by atoms with E-state index in [0.29, 0.717) is 43.0 Å². The number of benzene rings is 1. The van der Waals surface area contributed by atoms with Gasteiger partial charge >= 0.3 is 6.36 Å². The molecule has 1 amide bonds. The second kappa shape index (κ2) is 9.17. The van der Waals surface area contributed by atoms with E-state index < -0.39 is 6.36 Å². The highest BCUT2D eigenvalue weighted by Gasteiger charge is 2.32. The third-order valence-corrected chi connectivity index (χ3v) is 7.31. The van der Waals surface area contributed by atoms with Gasteiger partial charge in [-0.3, -0.25) is 4.79 Å². The lowest BCUT2D eigenvalue weighted by Crippen LogP contribution is -2.38. The van der Waals surface area contributed by atoms with Gasteiger partial charge in [-0.25, -0.2) is 9.37 Å². The molecule has 1 fully saturated rings. The third-order valence-electron chi connectivity index (χ3n) is 7.31. The smallest absolute Gasteiger partial charge is 0.406 e. The van der Waals surface area contributed by atoms with E-state index in [4.69, 9.17) is 0 Å². The summed E-state index contributed by atoms with van der Waals surface area (Å²) in [7, 11) is 0. The number of carbonyl (C=O) groups excluding carboxylic acids is 1. The number of hydrogen-bond donors (Lipinski definition) is 1. The van der Waals surface area contributed by atoms with Gasteiger partial charge in [0.2, 0.25) is 0 Å². The molecule has 1 aliphatic carbocycles. The minimum Gasteiger partial charge on any atom is -0.406 e. The molecule has 1 unspecified atom stereocenters. The van der Waals surface area contributed by atoms with Gasteiger partial charge in [0.15, 0.2) is 0 Å². The number of amides is 1. The Balaban J connectivity index is 1.32. The Kier molecular flexibility index (Phi) is 6.19.